The average molecular weight is 252 g/mol. The third-order valence-electron chi connectivity index (χ3n) is 3.68. The second-order valence-electron chi connectivity index (χ2n) is 5.92. The molecule has 1 saturated carbocycles. The van der Waals surface area contributed by atoms with Crippen LogP contribution >= 0.6 is 11.3 Å². The summed E-state index contributed by atoms with van der Waals surface area (Å²) in [5.74, 6) is 0. The molecule has 0 aromatic carbocycles. The zero-order valence-corrected chi connectivity index (χ0v) is 12.1. The van der Waals surface area contributed by atoms with E-state index in [1.54, 1.807) is 11.3 Å². The standard InChI is InChI=1S/C14H24N2S/c1-4-13-16-12(10-17-13)9-15-11-6-5-7-14(2,3)8-11/h10-11,15H,4-9H2,1-3H3. The molecule has 2 rings (SSSR count). The van der Waals surface area contributed by atoms with E-state index in [1.165, 1.54) is 36.4 Å². The van der Waals surface area contributed by atoms with Crippen molar-refractivity contribution in [1.82, 2.24) is 10.3 Å². The first-order valence-electron chi connectivity index (χ1n) is 6.76. The Hall–Kier alpha value is -0.410. The van der Waals surface area contributed by atoms with Crippen LogP contribution in [-0.4, -0.2) is 11.0 Å². The van der Waals surface area contributed by atoms with Gasteiger partial charge in [-0.3, -0.25) is 0 Å². The Morgan fingerprint density at radius 1 is 1.53 bits per heavy atom. The fraction of sp³-hybridized carbons (Fsp3) is 0.786. The van der Waals surface area contributed by atoms with Gasteiger partial charge in [-0.25, -0.2) is 4.98 Å². The van der Waals surface area contributed by atoms with Crippen LogP contribution in [0.15, 0.2) is 5.38 Å². The molecule has 1 atom stereocenters. The molecule has 17 heavy (non-hydrogen) atoms. The molecule has 1 aromatic heterocycles. The van der Waals surface area contributed by atoms with Gasteiger partial charge >= 0.3 is 0 Å². The topological polar surface area (TPSA) is 24.9 Å². The third-order valence-corrected chi connectivity index (χ3v) is 4.72. The van der Waals surface area contributed by atoms with Gasteiger partial charge in [0, 0.05) is 18.0 Å². The molecular weight excluding hydrogens is 228 g/mol. The quantitative estimate of drug-likeness (QED) is 0.882. The van der Waals surface area contributed by atoms with Gasteiger partial charge in [0.1, 0.15) is 0 Å². The van der Waals surface area contributed by atoms with Crippen molar-refractivity contribution < 1.29 is 0 Å². The summed E-state index contributed by atoms with van der Waals surface area (Å²) < 4.78 is 0. The summed E-state index contributed by atoms with van der Waals surface area (Å²) in [5.41, 5.74) is 1.74. The van der Waals surface area contributed by atoms with Crippen LogP contribution in [0.2, 0.25) is 0 Å². The van der Waals surface area contributed by atoms with Crippen molar-refractivity contribution in [2.75, 3.05) is 0 Å². The molecule has 1 heterocycles. The molecule has 1 unspecified atom stereocenters. The van der Waals surface area contributed by atoms with Gasteiger partial charge in [0.25, 0.3) is 0 Å². The van der Waals surface area contributed by atoms with Crippen molar-refractivity contribution in [3.63, 3.8) is 0 Å². The molecule has 2 nitrogen and oxygen atoms in total. The summed E-state index contributed by atoms with van der Waals surface area (Å²) in [6.45, 7) is 7.88. The molecule has 0 saturated heterocycles. The third kappa shape index (κ3) is 3.78. The molecular formula is C14H24N2S. The van der Waals surface area contributed by atoms with Crippen LogP contribution in [0.1, 0.15) is 57.2 Å². The zero-order chi connectivity index (χ0) is 12.3. The highest BCUT2D eigenvalue weighted by atomic mass is 32.1. The molecule has 0 radical (unpaired) electrons. The van der Waals surface area contributed by atoms with E-state index < -0.39 is 0 Å². The Bertz CT molecular complexity index is 357. The number of hydrogen-bond acceptors (Lipinski definition) is 3. The van der Waals surface area contributed by atoms with Crippen LogP contribution in [0.25, 0.3) is 0 Å². The largest absolute Gasteiger partial charge is 0.308 e. The van der Waals surface area contributed by atoms with Crippen molar-refractivity contribution in [2.45, 2.75) is 65.5 Å². The highest BCUT2D eigenvalue weighted by Crippen LogP contribution is 2.35. The minimum absolute atomic E-state index is 0.520. The highest BCUT2D eigenvalue weighted by molar-refractivity contribution is 7.09. The lowest BCUT2D eigenvalue weighted by Crippen LogP contribution is -2.36. The fourth-order valence-corrected chi connectivity index (χ4v) is 3.46. The van der Waals surface area contributed by atoms with Gasteiger partial charge in [-0.15, -0.1) is 11.3 Å². The molecule has 1 aromatic rings. The molecule has 1 aliphatic carbocycles. The van der Waals surface area contributed by atoms with Crippen molar-refractivity contribution in [3.8, 4) is 0 Å². The summed E-state index contributed by atoms with van der Waals surface area (Å²) in [5, 5.41) is 7.12. The number of aromatic nitrogens is 1. The van der Waals surface area contributed by atoms with Crippen LogP contribution in [0.4, 0.5) is 0 Å². The van der Waals surface area contributed by atoms with E-state index in [-0.39, 0.29) is 0 Å². The Labute approximate surface area is 109 Å². The van der Waals surface area contributed by atoms with Crippen molar-refractivity contribution in [1.29, 1.82) is 0 Å². The number of nitrogens with zero attached hydrogens (tertiary/aromatic N) is 1. The molecule has 1 N–H and O–H groups in total. The molecule has 0 spiro atoms. The van der Waals surface area contributed by atoms with E-state index in [0.29, 0.717) is 11.5 Å². The summed E-state index contributed by atoms with van der Waals surface area (Å²) in [4.78, 5) is 4.61. The summed E-state index contributed by atoms with van der Waals surface area (Å²) in [6, 6.07) is 0.686. The van der Waals surface area contributed by atoms with E-state index in [4.69, 9.17) is 0 Å². The van der Waals surface area contributed by atoms with E-state index in [1.807, 2.05) is 0 Å². The fourth-order valence-electron chi connectivity index (χ4n) is 2.71. The number of rotatable bonds is 4. The van der Waals surface area contributed by atoms with Crippen LogP contribution in [-0.2, 0) is 13.0 Å². The number of nitrogens with one attached hydrogen (secondary N) is 1. The average Bonchev–Trinajstić information content (AvgIpc) is 2.73. The van der Waals surface area contributed by atoms with Gasteiger partial charge in [-0.2, -0.15) is 0 Å². The van der Waals surface area contributed by atoms with Gasteiger partial charge in [0.2, 0.25) is 0 Å². The molecule has 0 aliphatic heterocycles. The highest BCUT2D eigenvalue weighted by Gasteiger charge is 2.27. The Morgan fingerprint density at radius 3 is 3.00 bits per heavy atom. The zero-order valence-electron chi connectivity index (χ0n) is 11.3. The lowest BCUT2D eigenvalue weighted by atomic mass is 9.75. The van der Waals surface area contributed by atoms with Crippen LogP contribution < -0.4 is 5.32 Å². The molecule has 1 aliphatic rings. The number of thiazole rings is 1. The molecule has 96 valence electrons. The van der Waals surface area contributed by atoms with Gasteiger partial charge in [0.15, 0.2) is 0 Å². The van der Waals surface area contributed by atoms with Gasteiger partial charge < -0.3 is 5.32 Å². The number of aryl methyl sites for hydroxylation is 1. The molecule has 3 heteroatoms. The van der Waals surface area contributed by atoms with E-state index in [0.717, 1.165) is 13.0 Å². The summed E-state index contributed by atoms with van der Waals surface area (Å²) in [7, 11) is 0. The van der Waals surface area contributed by atoms with Crippen molar-refractivity contribution >= 4 is 11.3 Å². The van der Waals surface area contributed by atoms with Gasteiger partial charge in [-0.05, 0) is 31.1 Å². The van der Waals surface area contributed by atoms with E-state index in [2.05, 4.69) is 36.5 Å². The normalized spacial score (nSPS) is 23.8. The minimum atomic E-state index is 0.520. The molecule has 1 fully saturated rings. The second kappa shape index (κ2) is 5.49. The first-order chi connectivity index (χ1) is 8.09. The second-order valence-corrected chi connectivity index (χ2v) is 6.87. The lowest BCUT2D eigenvalue weighted by molar-refractivity contribution is 0.197. The maximum Gasteiger partial charge on any atom is 0.0926 e. The predicted octanol–water partition coefficient (Wildman–Crippen LogP) is 3.76. The number of hydrogen-bond donors (Lipinski definition) is 1. The summed E-state index contributed by atoms with van der Waals surface area (Å²) in [6.07, 6.45) is 6.43. The Kier molecular flexibility index (Phi) is 4.21. The molecule has 0 bridgehead atoms. The minimum Gasteiger partial charge on any atom is -0.308 e. The smallest absolute Gasteiger partial charge is 0.0926 e. The molecule has 0 amide bonds. The van der Waals surface area contributed by atoms with Crippen molar-refractivity contribution in [3.05, 3.63) is 16.1 Å². The Morgan fingerprint density at radius 2 is 2.35 bits per heavy atom. The first kappa shape index (κ1) is 13.0. The van der Waals surface area contributed by atoms with E-state index in [9.17, 15) is 0 Å². The Balaban J connectivity index is 1.81. The van der Waals surface area contributed by atoms with Crippen LogP contribution in [0, 0.1) is 5.41 Å². The SMILES string of the molecule is CCc1nc(CNC2CCCC(C)(C)C2)cs1. The van der Waals surface area contributed by atoms with Crippen LogP contribution in [0.5, 0.6) is 0 Å². The van der Waals surface area contributed by atoms with E-state index >= 15 is 0 Å². The monoisotopic (exact) mass is 252 g/mol. The summed E-state index contributed by atoms with van der Waals surface area (Å²) >= 11 is 1.78. The van der Waals surface area contributed by atoms with Gasteiger partial charge in [0.05, 0.1) is 10.7 Å². The van der Waals surface area contributed by atoms with Crippen LogP contribution in [0.3, 0.4) is 0 Å². The first-order valence-corrected chi connectivity index (χ1v) is 7.64. The lowest BCUT2D eigenvalue weighted by Gasteiger charge is -2.35. The predicted molar refractivity (Wildman–Crippen MR) is 74.4 cm³/mol. The maximum atomic E-state index is 4.61. The van der Waals surface area contributed by atoms with Gasteiger partial charge in [-0.1, -0.05) is 27.2 Å². The maximum absolute atomic E-state index is 4.61. The van der Waals surface area contributed by atoms with Crippen molar-refractivity contribution in [2.24, 2.45) is 5.41 Å².